The summed E-state index contributed by atoms with van der Waals surface area (Å²) in [4.78, 5) is 23.2. The quantitative estimate of drug-likeness (QED) is 0.832. The fraction of sp³-hybridized carbons (Fsp3) is 0.158. The number of carbonyl (C=O) groups excluding carboxylic acids is 1. The highest BCUT2D eigenvalue weighted by Gasteiger charge is 2.22. The topological polar surface area (TPSA) is 87.7 Å². The van der Waals surface area contributed by atoms with Crippen molar-refractivity contribution in [1.82, 2.24) is 0 Å². The Kier molecular flexibility index (Phi) is 4.08. The van der Waals surface area contributed by atoms with E-state index in [9.17, 15) is 14.7 Å². The second-order valence-electron chi connectivity index (χ2n) is 5.55. The number of Topliss-reactive ketones (excluding diaryl/α,β-unsaturated/α-hetero) is 1. The minimum Gasteiger partial charge on any atom is -0.507 e. The van der Waals surface area contributed by atoms with Crippen LogP contribution in [0.25, 0.3) is 17.4 Å². The number of carboxylic acids is 1. The predicted molar refractivity (Wildman–Crippen MR) is 88.7 cm³/mol. The van der Waals surface area contributed by atoms with Crippen molar-refractivity contribution in [2.75, 3.05) is 0 Å². The maximum atomic E-state index is 12.1. The SMILES string of the molecule is C/C=C1\CC/C(=C\c2ccc(-c3ccc(O)c(C(=O)O)c3)o2)C1=O. The van der Waals surface area contributed by atoms with E-state index in [1.807, 2.05) is 13.0 Å². The highest BCUT2D eigenvalue weighted by molar-refractivity contribution is 6.13. The normalized spacial score (nSPS) is 17.8. The molecule has 0 aliphatic heterocycles. The van der Waals surface area contributed by atoms with Crippen molar-refractivity contribution in [1.29, 1.82) is 0 Å². The lowest BCUT2D eigenvalue weighted by atomic mass is 10.1. The Morgan fingerprint density at radius 1 is 1.17 bits per heavy atom. The van der Waals surface area contributed by atoms with Gasteiger partial charge in [0.1, 0.15) is 22.8 Å². The van der Waals surface area contributed by atoms with E-state index < -0.39 is 5.97 Å². The van der Waals surface area contributed by atoms with E-state index in [-0.39, 0.29) is 17.1 Å². The van der Waals surface area contributed by atoms with Gasteiger partial charge in [0.2, 0.25) is 0 Å². The molecule has 5 heteroatoms. The van der Waals surface area contributed by atoms with E-state index in [0.29, 0.717) is 29.1 Å². The van der Waals surface area contributed by atoms with Crippen LogP contribution in [0.2, 0.25) is 0 Å². The molecule has 1 heterocycles. The van der Waals surface area contributed by atoms with Gasteiger partial charge >= 0.3 is 5.97 Å². The molecule has 0 radical (unpaired) electrons. The lowest BCUT2D eigenvalue weighted by Gasteiger charge is -2.02. The molecule has 2 aromatic rings. The summed E-state index contributed by atoms with van der Waals surface area (Å²) < 4.78 is 5.70. The van der Waals surface area contributed by atoms with E-state index in [0.717, 1.165) is 12.0 Å². The lowest BCUT2D eigenvalue weighted by Crippen LogP contribution is -1.96. The van der Waals surface area contributed by atoms with E-state index in [4.69, 9.17) is 9.52 Å². The molecule has 2 N–H and O–H groups in total. The van der Waals surface area contributed by atoms with Crippen LogP contribution >= 0.6 is 0 Å². The van der Waals surface area contributed by atoms with Gasteiger partial charge in [-0.2, -0.15) is 0 Å². The van der Waals surface area contributed by atoms with E-state index >= 15 is 0 Å². The van der Waals surface area contributed by atoms with Crippen LogP contribution < -0.4 is 0 Å². The monoisotopic (exact) mass is 324 g/mol. The van der Waals surface area contributed by atoms with Crippen molar-refractivity contribution < 1.29 is 24.2 Å². The van der Waals surface area contributed by atoms with Gasteiger partial charge in [-0.05, 0) is 61.7 Å². The first-order valence-corrected chi connectivity index (χ1v) is 7.56. The Morgan fingerprint density at radius 2 is 1.92 bits per heavy atom. The summed E-state index contributed by atoms with van der Waals surface area (Å²) in [6.45, 7) is 1.85. The standard InChI is InChI=1S/C19H16O5/c1-2-11-3-4-13(18(11)21)9-14-6-8-17(24-14)12-5-7-16(20)15(10-12)19(22)23/h2,5-10,20H,3-4H2,1H3,(H,22,23)/b11-2+,13-9+. The summed E-state index contributed by atoms with van der Waals surface area (Å²) in [5.74, 6) is -0.445. The summed E-state index contributed by atoms with van der Waals surface area (Å²) in [5.41, 5.74) is 1.88. The summed E-state index contributed by atoms with van der Waals surface area (Å²) in [5, 5.41) is 18.6. The summed E-state index contributed by atoms with van der Waals surface area (Å²) >= 11 is 0. The van der Waals surface area contributed by atoms with Gasteiger partial charge in [0.05, 0.1) is 0 Å². The molecule has 0 atom stereocenters. The number of rotatable bonds is 3. The fourth-order valence-electron chi connectivity index (χ4n) is 2.73. The average molecular weight is 324 g/mol. The van der Waals surface area contributed by atoms with Crippen LogP contribution in [-0.4, -0.2) is 22.0 Å². The number of phenols is 1. The number of aromatic hydroxyl groups is 1. The molecular weight excluding hydrogens is 308 g/mol. The lowest BCUT2D eigenvalue weighted by molar-refractivity contribution is -0.111. The van der Waals surface area contributed by atoms with Crippen LogP contribution in [0, 0.1) is 0 Å². The van der Waals surface area contributed by atoms with Crippen molar-refractivity contribution in [3.8, 4) is 17.1 Å². The number of carbonyl (C=O) groups is 2. The molecule has 1 aromatic carbocycles. The highest BCUT2D eigenvalue weighted by Crippen LogP contribution is 2.31. The Bertz CT molecular complexity index is 883. The van der Waals surface area contributed by atoms with Gasteiger partial charge in [-0.1, -0.05) is 6.08 Å². The van der Waals surface area contributed by atoms with Gasteiger partial charge in [-0.15, -0.1) is 0 Å². The van der Waals surface area contributed by atoms with E-state index in [1.165, 1.54) is 12.1 Å². The van der Waals surface area contributed by atoms with Gasteiger partial charge < -0.3 is 14.6 Å². The first-order valence-electron chi connectivity index (χ1n) is 7.56. The number of aromatic carboxylic acids is 1. The zero-order valence-electron chi connectivity index (χ0n) is 13.1. The third-order valence-corrected chi connectivity index (χ3v) is 4.05. The first kappa shape index (κ1) is 15.8. The summed E-state index contributed by atoms with van der Waals surface area (Å²) in [6.07, 6.45) is 4.99. The third-order valence-electron chi connectivity index (χ3n) is 4.05. The minimum absolute atomic E-state index is 0.0493. The molecule has 0 unspecified atom stereocenters. The Balaban J connectivity index is 1.91. The number of benzene rings is 1. The number of hydrogen-bond acceptors (Lipinski definition) is 4. The molecule has 24 heavy (non-hydrogen) atoms. The van der Waals surface area contributed by atoms with Crippen molar-refractivity contribution in [3.05, 3.63) is 58.9 Å². The number of furan rings is 1. The third kappa shape index (κ3) is 2.88. The Labute approximate surface area is 138 Å². The van der Waals surface area contributed by atoms with Crippen molar-refractivity contribution >= 4 is 17.8 Å². The highest BCUT2D eigenvalue weighted by atomic mass is 16.4. The number of allylic oxidation sites excluding steroid dienone is 3. The minimum atomic E-state index is -1.21. The van der Waals surface area contributed by atoms with Gasteiger partial charge in [-0.3, -0.25) is 4.79 Å². The molecule has 1 aliphatic rings. The van der Waals surface area contributed by atoms with E-state index in [1.54, 1.807) is 24.3 Å². The van der Waals surface area contributed by atoms with Crippen LogP contribution in [0.1, 0.15) is 35.9 Å². The summed E-state index contributed by atoms with van der Waals surface area (Å²) in [7, 11) is 0. The van der Waals surface area contributed by atoms with Crippen LogP contribution in [0.5, 0.6) is 5.75 Å². The molecule has 3 rings (SSSR count). The zero-order chi connectivity index (χ0) is 17.3. The van der Waals surface area contributed by atoms with Crippen LogP contribution in [0.4, 0.5) is 0 Å². The summed E-state index contributed by atoms with van der Waals surface area (Å²) in [6, 6.07) is 7.69. The molecular formula is C19H16O5. The van der Waals surface area contributed by atoms with Gasteiger partial charge in [0.25, 0.3) is 0 Å². The zero-order valence-corrected chi connectivity index (χ0v) is 13.1. The van der Waals surface area contributed by atoms with Gasteiger partial charge in [-0.25, -0.2) is 4.79 Å². The maximum absolute atomic E-state index is 12.1. The molecule has 1 aliphatic carbocycles. The van der Waals surface area contributed by atoms with Crippen molar-refractivity contribution in [2.24, 2.45) is 0 Å². The number of ketones is 1. The average Bonchev–Trinajstić information content (AvgIpc) is 3.16. The number of carboxylic acid groups (broad SMARTS) is 1. The molecule has 0 bridgehead atoms. The molecule has 1 fully saturated rings. The van der Waals surface area contributed by atoms with Gasteiger partial charge in [0, 0.05) is 11.1 Å². The molecule has 1 aromatic heterocycles. The Hall–Kier alpha value is -3.08. The molecule has 1 saturated carbocycles. The van der Waals surface area contributed by atoms with Crippen molar-refractivity contribution in [2.45, 2.75) is 19.8 Å². The van der Waals surface area contributed by atoms with E-state index in [2.05, 4.69) is 0 Å². The molecule has 5 nitrogen and oxygen atoms in total. The molecule has 0 amide bonds. The molecule has 0 saturated heterocycles. The predicted octanol–water partition coefficient (Wildman–Crippen LogP) is 4.04. The first-order chi connectivity index (χ1) is 11.5. The smallest absolute Gasteiger partial charge is 0.339 e. The van der Waals surface area contributed by atoms with Crippen LogP contribution in [-0.2, 0) is 4.79 Å². The van der Waals surface area contributed by atoms with Crippen molar-refractivity contribution in [3.63, 3.8) is 0 Å². The molecule has 122 valence electrons. The Morgan fingerprint density at radius 3 is 2.58 bits per heavy atom. The maximum Gasteiger partial charge on any atom is 0.339 e. The molecule has 0 spiro atoms. The van der Waals surface area contributed by atoms with Crippen LogP contribution in [0.15, 0.2) is 52.0 Å². The second kappa shape index (κ2) is 6.20. The second-order valence-corrected chi connectivity index (χ2v) is 5.55. The largest absolute Gasteiger partial charge is 0.507 e. The fourth-order valence-corrected chi connectivity index (χ4v) is 2.73. The van der Waals surface area contributed by atoms with Gasteiger partial charge in [0.15, 0.2) is 5.78 Å². The van der Waals surface area contributed by atoms with Crippen LogP contribution in [0.3, 0.4) is 0 Å². The number of hydrogen-bond donors (Lipinski definition) is 2.